The minimum Gasteiger partial charge on any atom is -0.342 e. The standard InChI is InChI=1S/C27H17BrClF2N3O3S/c28-16-4-9-23-19(11-16)15(12-33(23)13-20-21(29)2-1-3-22(20)31)10-24-26(36)34(27(37)38-24)14-25(35)32-18-7-5-17(30)6-8-18/h1-12H,13-14H2,(H,32,35)/b24-10-. The molecule has 0 saturated carbocycles. The Morgan fingerprint density at radius 2 is 1.84 bits per heavy atom. The highest BCUT2D eigenvalue weighted by Gasteiger charge is 2.36. The quantitative estimate of drug-likeness (QED) is 0.236. The van der Waals surface area contributed by atoms with Gasteiger partial charge in [0.05, 0.1) is 11.4 Å². The van der Waals surface area contributed by atoms with Crippen LogP contribution in [0.5, 0.6) is 0 Å². The molecule has 1 aliphatic heterocycles. The van der Waals surface area contributed by atoms with Gasteiger partial charge in [0.1, 0.15) is 18.2 Å². The van der Waals surface area contributed by atoms with Crippen LogP contribution in [0.25, 0.3) is 17.0 Å². The lowest BCUT2D eigenvalue weighted by atomic mass is 10.1. The summed E-state index contributed by atoms with van der Waals surface area (Å²) in [6.07, 6.45) is 3.34. The number of carbonyl (C=O) groups is 3. The summed E-state index contributed by atoms with van der Waals surface area (Å²) in [5, 5.41) is 3.02. The number of fused-ring (bicyclic) bond motifs is 1. The second-order valence-corrected chi connectivity index (χ2v) is 10.7. The zero-order valence-electron chi connectivity index (χ0n) is 19.4. The first-order chi connectivity index (χ1) is 18.2. The van der Waals surface area contributed by atoms with Crippen LogP contribution in [0.15, 0.2) is 76.2 Å². The Kier molecular flexibility index (Phi) is 7.38. The number of anilines is 1. The van der Waals surface area contributed by atoms with Crippen molar-refractivity contribution in [1.29, 1.82) is 0 Å². The summed E-state index contributed by atoms with van der Waals surface area (Å²) < 4.78 is 30.2. The molecule has 192 valence electrons. The van der Waals surface area contributed by atoms with Gasteiger partial charge >= 0.3 is 0 Å². The van der Waals surface area contributed by atoms with E-state index >= 15 is 0 Å². The molecule has 0 aliphatic carbocycles. The van der Waals surface area contributed by atoms with Gasteiger partial charge in [-0.3, -0.25) is 19.3 Å². The molecule has 2 heterocycles. The normalized spacial score (nSPS) is 14.6. The largest absolute Gasteiger partial charge is 0.342 e. The summed E-state index contributed by atoms with van der Waals surface area (Å²) in [4.78, 5) is 39.1. The van der Waals surface area contributed by atoms with E-state index in [9.17, 15) is 23.2 Å². The second kappa shape index (κ2) is 10.7. The summed E-state index contributed by atoms with van der Waals surface area (Å²) in [6, 6.07) is 15.2. The van der Waals surface area contributed by atoms with E-state index < -0.39 is 35.2 Å². The molecule has 5 rings (SSSR count). The van der Waals surface area contributed by atoms with Crippen LogP contribution in [0.4, 0.5) is 19.3 Å². The third-order valence-electron chi connectivity index (χ3n) is 5.85. The number of hydrogen-bond donors (Lipinski definition) is 1. The number of amides is 3. The Morgan fingerprint density at radius 1 is 1.08 bits per heavy atom. The third-order valence-corrected chi connectivity index (χ3v) is 7.61. The van der Waals surface area contributed by atoms with Crippen LogP contribution in [-0.2, 0) is 16.1 Å². The molecule has 0 bridgehead atoms. The number of imide groups is 1. The summed E-state index contributed by atoms with van der Waals surface area (Å²) in [5.41, 5.74) is 2.08. The lowest BCUT2D eigenvalue weighted by molar-refractivity contribution is -0.127. The average Bonchev–Trinajstić information content (AvgIpc) is 3.34. The van der Waals surface area contributed by atoms with Crippen molar-refractivity contribution in [2.24, 2.45) is 0 Å². The van der Waals surface area contributed by atoms with Crippen LogP contribution in [0.2, 0.25) is 5.02 Å². The van der Waals surface area contributed by atoms with Crippen molar-refractivity contribution < 1.29 is 23.2 Å². The summed E-state index contributed by atoms with van der Waals surface area (Å²) in [5.74, 6) is -2.09. The summed E-state index contributed by atoms with van der Waals surface area (Å²) in [6.45, 7) is -0.332. The highest BCUT2D eigenvalue weighted by molar-refractivity contribution is 9.10. The van der Waals surface area contributed by atoms with Crippen LogP contribution >= 0.6 is 39.3 Å². The highest BCUT2D eigenvalue weighted by Crippen LogP contribution is 2.35. The summed E-state index contributed by atoms with van der Waals surface area (Å²) >= 11 is 10.4. The molecule has 0 atom stereocenters. The average molecular weight is 617 g/mol. The first-order valence-electron chi connectivity index (χ1n) is 11.2. The fourth-order valence-electron chi connectivity index (χ4n) is 4.05. The van der Waals surface area contributed by atoms with Gasteiger partial charge < -0.3 is 9.88 Å². The maximum Gasteiger partial charge on any atom is 0.294 e. The van der Waals surface area contributed by atoms with E-state index in [4.69, 9.17) is 11.6 Å². The van der Waals surface area contributed by atoms with E-state index in [0.717, 1.165) is 32.0 Å². The monoisotopic (exact) mass is 615 g/mol. The van der Waals surface area contributed by atoms with Crippen molar-refractivity contribution in [1.82, 2.24) is 9.47 Å². The van der Waals surface area contributed by atoms with Crippen LogP contribution < -0.4 is 5.32 Å². The molecule has 38 heavy (non-hydrogen) atoms. The summed E-state index contributed by atoms with van der Waals surface area (Å²) in [7, 11) is 0. The molecule has 3 aromatic carbocycles. The van der Waals surface area contributed by atoms with Crippen LogP contribution in [0.3, 0.4) is 0 Å². The molecule has 0 radical (unpaired) electrons. The molecule has 1 N–H and O–H groups in total. The van der Waals surface area contributed by atoms with Crippen LogP contribution in [0, 0.1) is 11.6 Å². The van der Waals surface area contributed by atoms with Gasteiger partial charge in [-0.1, -0.05) is 33.6 Å². The van der Waals surface area contributed by atoms with E-state index in [1.54, 1.807) is 18.3 Å². The molecule has 6 nitrogen and oxygen atoms in total. The number of halogens is 4. The van der Waals surface area contributed by atoms with Gasteiger partial charge in [-0.2, -0.15) is 0 Å². The lowest BCUT2D eigenvalue weighted by Crippen LogP contribution is -2.36. The number of nitrogens with one attached hydrogen (secondary N) is 1. The van der Waals surface area contributed by atoms with Crippen LogP contribution in [0.1, 0.15) is 11.1 Å². The number of thioether (sulfide) groups is 1. The van der Waals surface area contributed by atoms with Crippen molar-refractivity contribution in [3.8, 4) is 0 Å². The van der Waals surface area contributed by atoms with E-state index in [1.165, 1.54) is 36.4 Å². The van der Waals surface area contributed by atoms with Crippen molar-refractivity contribution in [2.45, 2.75) is 6.54 Å². The van der Waals surface area contributed by atoms with Gasteiger partial charge in [0.15, 0.2) is 0 Å². The number of nitrogens with zero attached hydrogens (tertiary/aromatic N) is 2. The fourth-order valence-corrected chi connectivity index (χ4v) is 5.46. The molecule has 1 saturated heterocycles. The van der Waals surface area contributed by atoms with Crippen LogP contribution in [-0.4, -0.2) is 33.1 Å². The zero-order valence-corrected chi connectivity index (χ0v) is 22.5. The predicted molar refractivity (Wildman–Crippen MR) is 148 cm³/mol. The number of aromatic nitrogens is 1. The van der Waals surface area contributed by atoms with Gasteiger partial charge in [-0.25, -0.2) is 8.78 Å². The molecule has 1 fully saturated rings. The molecule has 1 aromatic heterocycles. The zero-order chi connectivity index (χ0) is 27.0. The van der Waals surface area contributed by atoms with Gasteiger partial charge in [0, 0.05) is 43.4 Å². The molecule has 0 spiro atoms. The van der Waals surface area contributed by atoms with Gasteiger partial charge in [0.25, 0.3) is 11.1 Å². The van der Waals surface area contributed by atoms with Crippen molar-refractivity contribution >= 4 is 79.0 Å². The first kappa shape index (κ1) is 26.1. The number of rotatable bonds is 6. The van der Waals surface area contributed by atoms with Gasteiger partial charge in [-0.05, 0) is 72.4 Å². The molecule has 3 amide bonds. The first-order valence-corrected chi connectivity index (χ1v) is 13.2. The molecule has 1 aliphatic rings. The van der Waals surface area contributed by atoms with Gasteiger partial charge in [-0.15, -0.1) is 0 Å². The van der Waals surface area contributed by atoms with E-state index in [2.05, 4.69) is 21.2 Å². The van der Waals surface area contributed by atoms with E-state index in [0.29, 0.717) is 21.8 Å². The van der Waals surface area contributed by atoms with Crippen molar-refractivity contribution in [3.63, 3.8) is 0 Å². The minimum atomic E-state index is -0.609. The molecule has 4 aromatic rings. The Bertz CT molecular complexity index is 1620. The third kappa shape index (κ3) is 5.38. The fraction of sp³-hybridized carbons (Fsp3) is 0.0741. The smallest absolute Gasteiger partial charge is 0.294 e. The van der Waals surface area contributed by atoms with Gasteiger partial charge in [0.2, 0.25) is 5.91 Å². The molecule has 11 heteroatoms. The molecular weight excluding hydrogens is 600 g/mol. The maximum atomic E-state index is 14.5. The Morgan fingerprint density at radius 3 is 2.58 bits per heavy atom. The van der Waals surface area contributed by atoms with E-state index in [1.807, 2.05) is 22.8 Å². The molecule has 0 unspecified atom stereocenters. The van der Waals surface area contributed by atoms with Crippen molar-refractivity contribution in [3.05, 3.63) is 104 Å². The highest BCUT2D eigenvalue weighted by atomic mass is 79.9. The predicted octanol–water partition coefficient (Wildman–Crippen LogP) is 7.06. The maximum absolute atomic E-state index is 14.5. The van der Waals surface area contributed by atoms with Crippen molar-refractivity contribution in [2.75, 3.05) is 11.9 Å². The Balaban J connectivity index is 1.42. The minimum absolute atomic E-state index is 0.146. The second-order valence-electron chi connectivity index (χ2n) is 8.40. The Labute approximate surface area is 233 Å². The SMILES string of the molecule is O=C(CN1C(=O)S/C(=C\c2cn(Cc3c(F)cccc3Cl)c3ccc(Br)cc23)C1=O)Nc1ccc(F)cc1. The topological polar surface area (TPSA) is 71.4 Å². The molecular formula is C27H17BrClF2N3O3S. The van der Waals surface area contributed by atoms with E-state index in [-0.39, 0.29) is 11.4 Å². The number of benzene rings is 3. The lowest BCUT2D eigenvalue weighted by Gasteiger charge is -2.12. The Hall–Kier alpha value is -3.47. The number of hydrogen-bond acceptors (Lipinski definition) is 4. The number of carbonyl (C=O) groups excluding carboxylic acids is 3.